The highest BCUT2D eigenvalue weighted by atomic mass is 19.4. The van der Waals surface area contributed by atoms with Crippen molar-refractivity contribution in [3.8, 4) is 0 Å². The van der Waals surface area contributed by atoms with Crippen LogP contribution in [-0.2, 0) is 9.59 Å². The van der Waals surface area contributed by atoms with Gasteiger partial charge in [0.1, 0.15) is 0 Å². The van der Waals surface area contributed by atoms with E-state index in [2.05, 4.69) is 35.6 Å². The maximum atomic E-state index is 12.5. The number of aliphatic carboxylic acids is 1. The fraction of sp³-hybridized carbons (Fsp3) is 0.370. The van der Waals surface area contributed by atoms with Gasteiger partial charge in [0.15, 0.2) is 0 Å². The van der Waals surface area contributed by atoms with Crippen molar-refractivity contribution >= 4 is 23.9 Å². The molecular formula is C27H30F3N3O5. The zero-order chi connectivity index (χ0) is 27.7. The third kappa shape index (κ3) is 8.70. The maximum Gasteiger partial charge on any atom is 0.490 e. The van der Waals surface area contributed by atoms with Crippen LogP contribution in [0.5, 0.6) is 0 Å². The van der Waals surface area contributed by atoms with Crippen molar-refractivity contribution in [1.82, 2.24) is 15.7 Å². The molecule has 1 saturated heterocycles. The van der Waals surface area contributed by atoms with E-state index in [1.54, 1.807) is 41.9 Å². The maximum absolute atomic E-state index is 12.5. The summed E-state index contributed by atoms with van der Waals surface area (Å²) >= 11 is 0. The van der Waals surface area contributed by atoms with Crippen LogP contribution >= 0.6 is 0 Å². The van der Waals surface area contributed by atoms with Crippen LogP contribution in [0.4, 0.5) is 13.2 Å². The first-order valence-corrected chi connectivity index (χ1v) is 12.2. The fourth-order valence-electron chi connectivity index (χ4n) is 4.25. The van der Waals surface area contributed by atoms with Crippen LogP contribution in [0.2, 0.25) is 0 Å². The summed E-state index contributed by atoms with van der Waals surface area (Å²) in [7, 11) is 0. The molecule has 4 N–H and O–H groups in total. The number of benzene rings is 2. The number of hydroxylamine groups is 1. The van der Waals surface area contributed by atoms with Crippen LogP contribution in [0.1, 0.15) is 46.7 Å². The van der Waals surface area contributed by atoms with Crippen molar-refractivity contribution in [1.29, 1.82) is 0 Å². The molecule has 1 heterocycles. The van der Waals surface area contributed by atoms with Gasteiger partial charge in [-0.3, -0.25) is 14.8 Å². The molecule has 0 aromatic heterocycles. The van der Waals surface area contributed by atoms with Crippen LogP contribution in [0.25, 0.3) is 6.08 Å². The molecule has 1 saturated carbocycles. The van der Waals surface area contributed by atoms with E-state index >= 15 is 0 Å². The minimum Gasteiger partial charge on any atom is -0.475 e. The van der Waals surface area contributed by atoms with Gasteiger partial charge < -0.3 is 15.3 Å². The first kappa shape index (κ1) is 28.9. The standard InChI is InChI=1S/C25H29N3O3.C2HF3O2/c29-24(11-8-18-6-9-21(10-7-18)25(30)27-31)28-14-12-19(13-15-28)17-26-23-16-22(23)20-4-2-1-3-5-20;3-2(4,5)1(6)7/h1-11,19,22-23,26,31H,12-17H2,(H,27,30);(H,6,7)/b11-8+;/t22-,23+;/m1./s1. The molecule has 2 aromatic rings. The summed E-state index contributed by atoms with van der Waals surface area (Å²) in [5.41, 5.74) is 4.23. The summed E-state index contributed by atoms with van der Waals surface area (Å²) in [6.45, 7) is 2.61. The van der Waals surface area contributed by atoms with Crippen molar-refractivity contribution in [2.45, 2.75) is 37.4 Å². The Kier molecular flexibility index (Phi) is 10.0. The molecule has 4 rings (SSSR count). The first-order valence-electron chi connectivity index (χ1n) is 12.2. The molecule has 0 bridgehead atoms. The van der Waals surface area contributed by atoms with Crippen LogP contribution in [0, 0.1) is 5.92 Å². The summed E-state index contributed by atoms with van der Waals surface area (Å²) in [6.07, 6.45) is 1.54. The summed E-state index contributed by atoms with van der Waals surface area (Å²) in [4.78, 5) is 34.7. The van der Waals surface area contributed by atoms with E-state index < -0.39 is 18.1 Å². The largest absolute Gasteiger partial charge is 0.490 e. The van der Waals surface area contributed by atoms with Gasteiger partial charge >= 0.3 is 12.1 Å². The Morgan fingerprint density at radius 3 is 2.16 bits per heavy atom. The Bertz CT molecular complexity index is 1120. The summed E-state index contributed by atoms with van der Waals surface area (Å²) in [6, 6.07) is 18.0. The summed E-state index contributed by atoms with van der Waals surface area (Å²) in [5, 5.41) is 19.5. The van der Waals surface area contributed by atoms with E-state index in [-0.39, 0.29) is 5.91 Å². The quantitative estimate of drug-likeness (QED) is 0.244. The lowest BCUT2D eigenvalue weighted by Crippen LogP contribution is -2.40. The molecule has 38 heavy (non-hydrogen) atoms. The van der Waals surface area contributed by atoms with Crippen LogP contribution < -0.4 is 10.8 Å². The van der Waals surface area contributed by atoms with E-state index in [0.717, 1.165) is 38.0 Å². The molecule has 2 fully saturated rings. The number of carboxylic acids is 1. The number of carbonyl (C=O) groups excluding carboxylic acids is 2. The van der Waals surface area contributed by atoms with E-state index in [9.17, 15) is 22.8 Å². The zero-order valence-electron chi connectivity index (χ0n) is 20.5. The molecule has 0 spiro atoms. The Hall–Kier alpha value is -3.70. The van der Waals surface area contributed by atoms with Crippen molar-refractivity contribution in [2.75, 3.05) is 19.6 Å². The number of nitrogens with zero attached hydrogens (tertiary/aromatic N) is 1. The van der Waals surface area contributed by atoms with Gasteiger partial charge in [0.05, 0.1) is 0 Å². The molecule has 8 nitrogen and oxygen atoms in total. The highest BCUT2D eigenvalue weighted by Gasteiger charge is 2.39. The normalized spacial score (nSPS) is 19.4. The van der Waals surface area contributed by atoms with E-state index in [1.165, 1.54) is 12.0 Å². The molecule has 2 amide bonds. The molecule has 1 aliphatic carbocycles. The number of hydrogen-bond donors (Lipinski definition) is 4. The molecule has 2 atom stereocenters. The van der Waals surface area contributed by atoms with Crippen LogP contribution in [-0.4, -0.2) is 64.8 Å². The number of piperidine rings is 1. The SMILES string of the molecule is O=C(NO)c1ccc(/C=C/C(=O)N2CCC(CN[C@H]3C[C@@H]3c3ccccc3)CC2)cc1.O=C(O)C(F)(F)F. The van der Waals surface area contributed by atoms with Gasteiger partial charge in [-0.2, -0.15) is 13.2 Å². The van der Waals surface area contributed by atoms with Gasteiger partial charge in [-0.15, -0.1) is 0 Å². The number of nitrogens with one attached hydrogen (secondary N) is 2. The van der Waals surface area contributed by atoms with Gasteiger partial charge in [0, 0.05) is 36.7 Å². The van der Waals surface area contributed by atoms with Gasteiger partial charge in [-0.05, 0) is 61.1 Å². The van der Waals surface area contributed by atoms with Crippen molar-refractivity contribution in [3.05, 3.63) is 77.4 Å². The lowest BCUT2D eigenvalue weighted by atomic mass is 9.96. The number of carboxylic acid groups (broad SMARTS) is 1. The number of halogens is 3. The highest BCUT2D eigenvalue weighted by Crippen LogP contribution is 2.40. The minimum absolute atomic E-state index is 0.0231. The second-order valence-corrected chi connectivity index (χ2v) is 9.24. The molecular weight excluding hydrogens is 503 g/mol. The van der Waals surface area contributed by atoms with Gasteiger partial charge in [0.2, 0.25) is 5.91 Å². The monoisotopic (exact) mass is 533 g/mol. The van der Waals surface area contributed by atoms with Crippen LogP contribution in [0.3, 0.4) is 0 Å². The summed E-state index contributed by atoms with van der Waals surface area (Å²) < 4.78 is 31.7. The van der Waals surface area contributed by atoms with E-state index in [0.29, 0.717) is 23.4 Å². The lowest BCUT2D eigenvalue weighted by Gasteiger charge is -2.31. The number of alkyl halides is 3. The predicted octanol–water partition coefficient (Wildman–Crippen LogP) is 3.84. The Balaban J connectivity index is 0.000000505. The minimum atomic E-state index is -5.08. The third-order valence-corrected chi connectivity index (χ3v) is 6.55. The van der Waals surface area contributed by atoms with Crippen molar-refractivity contribution in [2.24, 2.45) is 5.92 Å². The molecule has 0 unspecified atom stereocenters. The topological polar surface area (TPSA) is 119 Å². The predicted molar refractivity (Wildman–Crippen MR) is 133 cm³/mol. The molecule has 2 aliphatic rings. The Morgan fingerprint density at radius 2 is 1.61 bits per heavy atom. The van der Waals surface area contributed by atoms with Gasteiger partial charge in [-0.1, -0.05) is 42.5 Å². The summed E-state index contributed by atoms with van der Waals surface area (Å²) in [5.74, 6) is -2.01. The molecule has 0 radical (unpaired) electrons. The third-order valence-electron chi connectivity index (χ3n) is 6.55. The number of amides is 2. The Morgan fingerprint density at radius 1 is 1.00 bits per heavy atom. The fourth-order valence-corrected chi connectivity index (χ4v) is 4.25. The second-order valence-electron chi connectivity index (χ2n) is 9.24. The van der Waals surface area contributed by atoms with E-state index in [4.69, 9.17) is 15.1 Å². The molecule has 2 aromatic carbocycles. The number of carbonyl (C=O) groups is 3. The average molecular weight is 534 g/mol. The number of hydrogen-bond acceptors (Lipinski definition) is 5. The first-order chi connectivity index (χ1) is 18.1. The lowest BCUT2D eigenvalue weighted by molar-refractivity contribution is -0.192. The Labute approximate surface area is 218 Å². The molecule has 1 aliphatic heterocycles. The highest BCUT2D eigenvalue weighted by molar-refractivity contribution is 5.94. The van der Waals surface area contributed by atoms with Crippen LogP contribution in [0.15, 0.2) is 60.7 Å². The van der Waals surface area contributed by atoms with Crippen molar-refractivity contribution < 1.29 is 37.9 Å². The van der Waals surface area contributed by atoms with Gasteiger partial charge in [0.25, 0.3) is 5.91 Å². The van der Waals surface area contributed by atoms with Crippen molar-refractivity contribution in [3.63, 3.8) is 0 Å². The smallest absolute Gasteiger partial charge is 0.475 e. The second kappa shape index (κ2) is 13.2. The number of rotatable bonds is 7. The van der Waals surface area contributed by atoms with E-state index in [1.807, 2.05) is 4.90 Å². The average Bonchev–Trinajstić information content (AvgIpc) is 3.71. The zero-order valence-corrected chi connectivity index (χ0v) is 20.5. The molecule has 204 valence electrons. The molecule has 11 heteroatoms. The number of likely N-dealkylation sites (tertiary alicyclic amines) is 1. The van der Waals surface area contributed by atoms with Gasteiger partial charge in [-0.25, -0.2) is 10.3 Å².